The van der Waals surface area contributed by atoms with Crippen molar-refractivity contribution in [2.75, 3.05) is 25.0 Å². The molecule has 3 nitrogen and oxygen atoms in total. The van der Waals surface area contributed by atoms with Gasteiger partial charge in [-0.05, 0) is 60.7 Å². The van der Waals surface area contributed by atoms with E-state index in [1.54, 1.807) is 0 Å². The van der Waals surface area contributed by atoms with Gasteiger partial charge in [0.1, 0.15) is 0 Å². The van der Waals surface area contributed by atoms with Crippen molar-refractivity contribution >= 4 is 11.6 Å². The van der Waals surface area contributed by atoms with Crippen LogP contribution in [0.2, 0.25) is 0 Å². The average Bonchev–Trinajstić information content (AvgIpc) is 2.78. The zero-order chi connectivity index (χ0) is 20.1. The van der Waals surface area contributed by atoms with Gasteiger partial charge >= 0.3 is 0 Å². The third-order valence-corrected chi connectivity index (χ3v) is 5.71. The average molecular weight is 385 g/mol. The lowest BCUT2D eigenvalue weighted by atomic mass is 9.92. The van der Waals surface area contributed by atoms with Crippen molar-refractivity contribution in [2.45, 2.75) is 19.3 Å². The highest BCUT2D eigenvalue weighted by molar-refractivity contribution is 5.94. The number of anilines is 1. The smallest absolute Gasteiger partial charge is 0.227 e. The Labute approximate surface area is 173 Å². The number of rotatable bonds is 6. The highest BCUT2D eigenvalue weighted by atomic mass is 16.2. The molecule has 0 bridgehead atoms. The molecule has 0 fully saturated rings. The maximum atomic E-state index is 13.1. The quantitative estimate of drug-likeness (QED) is 0.667. The number of nitrogens with one attached hydrogen (secondary N) is 1. The van der Waals surface area contributed by atoms with Gasteiger partial charge in [-0.2, -0.15) is 0 Å². The van der Waals surface area contributed by atoms with Crippen molar-refractivity contribution in [3.05, 3.63) is 90.0 Å². The van der Waals surface area contributed by atoms with Gasteiger partial charge in [-0.25, -0.2) is 0 Å². The number of para-hydroxylation sites is 1. The molecule has 1 heterocycles. The van der Waals surface area contributed by atoms with Gasteiger partial charge in [-0.1, -0.05) is 72.8 Å². The maximum Gasteiger partial charge on any atom is 0.227 e. The minimum absolute atomic E-state index is 0.213. The SMILES string of the molecule is CNCC1Cc2ccccc2N(C(=O)CCc2ccc(-c3ccccc3)cc2)C1. The standard InChI is InChI=1S/C26H28N2O/c1-27-18-21-17-24-9-5-6-10-25(24)28(19-21)26(29)16-13-20-11-14-23(15-12-20)22-7-3-2-4-8-22/h2-12,14-15,21,27H,13,16-19H2,1H3. The van der Waals surface area contributed by atoms with Gasteiger partial charge in [0.25, 0.3) is 0 Å². The third-order valence-electron chi connectivity index (χ3n) is 5.71. The lowest BCUT2D eigenvalue weighted by molar-refractivity contribution is -0.118. The Morgan fingerprint density at radius 1 is 0.931 bits per heavy atom. The number of amides is 1. The Morgan fingerprint density at radius 2 is 1.62 bits per heavy atom. The molecule has 0 saturated heterocycles. The Balaban J connectivity index is 1.43. The number of nitrogens with zero attached hydrogens (tertiary/aromatic N) is 1. The number of benzene rings is 3. The summed E-state index contributed by atoms with van der Waals surface area (Å²) >= 11 is 0. The molecule has 29 heavy (non-hydrogen) atoms. The van der Waals surface area contributed by atoms with Crippen LogP contribution in [0.3, 0.4) is 0 Å². The van der Waals surface area contributed by atoms with Gasteiger partial charge in [0.15, 0.2) is 0 Å². The van der Waals surface area contributed by atoms with Crippen LogP contribution in [0.15, 0.2) is 78.9 Å². The summed E-state index contributed by atoms with van der Waals surface area (Å²) in [5.41, 5.74) is 6.00. The third kappa shape index (κ3) is 4.57. The first-order valence-corrected chi connectivity index (χ1v) is 10.4. The molecule has 1 aliphatic heterocycles. The number of fused-ring (bicyclic) bond motifs is 1. The Hall–Kier alpha value is -2.91. The van der Waals surface area contributed by atoms with Crippen LogP contribution in [0.5, 0.6) is 0 Å². The highest BCUT2D eigenvalue weighted by Crippen LogP contribution is 2.30. The van der Waals surface area contributed by atoms with Gasteiger partial charge < -0.3 is 10.2 Å². The predicted molar refractivity (Wildman–Crippen MR) is 120 cm³/mol. The Bertz CT molecular complexity index is 950. The molecule has 0 aliphatic carbocycles. The van der Waals surface area contributed by atoms with E-state index >= 15 is 0 Å². The van der Waals surface area contributed by atoms with Crippen LogP contribution in [-0.4, -0.2) is 26.0 Å². The molecule has 1 amide bonds. The van der Waals surface area contributed by atoms with E-state index in [0.717, 1.165) is 31.6 Å². The summed E-state index contributed by atoms with van der Waals surface area (Å²) in [5.74, 6) is 0.675. The monoisotopic (exact) mass is 384 g/mol. The Kier molecular flexibility index (Phi) is 6.06. The summed E-state index contributed by atoms with van der Waals surface area (Å²) in [6.45, 7) is 1.72. The lowest BCUT2D eigenvalue weighted by Gasteiger charge is -2.34. The van der Waals surface area contributed by atoms with Crippen molar-refractivity contribution in [3.63, 3.8) is 0 Å². The second-order valence-electron chi connectivity index (χ2n) is 7.82. The summed E-state index contributed by atoms with van der Waals surface area (Å²) in [4.78, 5) is 15.1. The second kappa shape index (κ2) is 9.06. The molecular weight excluding hydrogens is 356 g/mol. The van der Waals surface area contributed by atoms with Crippen LogP contribution < -0.4 is 10.2 Å². The molecule has 1 atom stereocenters. The van der Waals surface area contributed by atoms with E-state index in [1.807, 2.05) is 24.1 Å². The molecule has 3 aromatic rings. The van der Waals surface area contributed by atoms with E-state index in [-0.39, 0.29) is 5.91 Å². The van der Waals surface area contributed by atoms with E-state index < -0.39 is 0 Å². The zero-order valence-electron chi connectivity index (χ0n) is 17.0. The fourth-order valence-corrected chi connectivity index (χ4v) is 4.22. The molecule has 3 heteroatoms. The van der Waals surface area contributed by atoms with Crippen molar-refractivity contribution < 1.29 is 4.79 Å². The lowest BCUT2D eigenvalue weighted by Crippen LogP contribution is -2.42. The largest absolute Gasteiger partial charge is 0.319 e. The molecule has 0 spiro atoms. The summed E-state index contributed by atoms with van der Waals surface area (Å²) in [5, 5.41) is 3.27. The van der Waals surface area contributed by atoms with Crippen molar-refractivity contribution in [2.24, 2.45) is 5.92 Å². The van der Waals surface area contributed by atoms with Crippen molar-refractivity contribution in [3.8, 4) is 11.1 Å². The summed E-state index contributed by atoms with van der Waals surface area (Å²) in [7, 11) is 1.98. The molecule has 1 N–H and O–H groups in total. The van der Waals surface area contributed by atoms with Crippen LogP contribution in [-0.2, 0) is 17.6 Å². The van der Waals surface area contributed by atoms with Gasteiger partial charge in [0.2, 0.25) is 5.91 Å². The van der Waals surface area contributed by atoms with Crippen LogP contribution in [0.1, 0.15) is 17.5 Å². The predicted octanol–water partition coefficient (Wildman–Crippen LogP) is 4.71. The zero-order valence-corrected chi connectivity index (χ0v) is 17.0. The van der Waals surface area contributed by atoms with Gasteiger partial charge in [0, 0.05) is 18.7 Å². The van der Waals surface area contributed by atoms with Gasteiger partial charge in [-0.3, -0.25) is 4.79 Å². The summed E-state index contributed by atoms with van der Waals surface area (Å²) in [6.07, 6.45) is 2.33. The minimum Gasteiger partial charge on any atom is -0.319 e. The molecule has 1 aliphatic rings. The van der Waals surface area contributed by atoms with Gasteiger partial charge in [0.05, 0.1) is 0 Å². The topological polar surface area (TPSA) is 32.3 Å². The minimum atomic E-state index is 0.213. The first-order chi connectivity index (χ1) is 14.2. The maximum absolute atomic E-state index is 13.1. The molecule has 148 valence electrons. The van der Waals surface area contributed by atoms with E-state index in [4.69, 9.17) is 0 Å². The normalized spacial score (nSPS) is 15.8. The van der Waals surface area contributed by atoms with Gasteiger partial charge in [-0.15, -0.1) is 0 Å². The van der Waals surface area contributed by atoms with E-state index in [2.05, 4.69) is 72.0 Å². The number of hydrogen-bond donors (Lipinski definition) is 1. The van der Waals surface area contributed by atoms with Crippen LogP contribution in [0, 0.1) is 5.92 Å². The number of hydrogen-bond acceptors (Lipinski definition) is 2. The molecule has 0 aromatic heterocycles. The first kappa shape index (κ1) is 19.4. The highest BCUT2D eigenvalue weighted by Gasteiger charge is 2.27. The van der Waals surface area contributed by atoms with E-state index in [9.17, 15) is 4.79 Å². The molecule has 4 rings (SSSR count). The molecule has 0 saturated carbocycles. The fourth-order valence-electron chi connectivity index (χ4n) is 4.22. The van der Waals surface area contributed by atoms with Crippen LogP contribution >= 0.6 is 0 Å². The fraction of sp³-hybridized carbons (Fsp3) is 0.269. The molecule has 1 unspecified atom stereocenters. The summed E-state index contributed by atoms with van der Waals surface area (Å²) < 4.78 is 0. The second-order valence-corrected chi connectivity index (χ2v) is 7.82. The van der Waals surface area contributed by atoms with Crippen molar-refractivity contribution in [1.29, 1.82) is 0 Å². The number of carbonyl (C=O) groups excluding carboxylic acids is 1. The molecule has 3 aromatic carbocycles. The van der Waals surface area contributed by atoms with Crippen LogP contribution in [0.25, 0.3) is 11.1 Å². The van der Waals surface area contributed by atoms with Crippen molar-refractivity contribution in [1.82, 2.24) is 5.32 Å². The van der Waals surface area contributed by atoms with E-state index in [1.165, 1.54) is 22.3 Å². The first-order valence-electron chi connectivity index (χ1n) is 10.4. The molecule has 0 radical (unpaired) electrons. The number of aryl methyl sites for hydroxylation is 1. The van der Waals surface area contributed by atoms with Crippen LogP contribution in [0.4, 0.5) is 5.69 Å². The van der Waals surface area contributed by atoms with E-state index in [0.29, 0.717) is 12.3 Å². The summed E-state index contributed by atoms with van der Waals surface area (Å²) in [6, 6.07) is 27.3. The molecular formula is C26H28N2O. The number of carbonyl (C=O) groups is 1. The Morgan fingerprint density at radius 3 is 2.38 bits per heavy atom.